The van der Waals surface area contributed by atoms with Crippen LogP contribution in [0.15, 0.2) is 243 Å². The molecule has 76 heavy (non-hydrogen) atoms. The minimum Gasteiger partial charge on any atom is -0.0616 e. The van der Waals surface area contributed by atoms with Gasteiger partial charge in [0.15, 0.2) is 0 Å². The Morgan fingerprint density at radius 1 is 0.211 bits per heavy atom. The molecule has 0 aromatic heterocycles. The summed E-state index contributed by atoms with van der Waals surface area (Å²) in [7, 11) is 0. The van der Waals surface area contributed by atoms with Crippen molar-refractivity contribution < 1.29 is 0 Å². The molecule has 0 spiro atoms. The molecule has 14 aromatic carbocycles. The minimum absolute atomic E-state index is 0.296. The molecule has 0 heteroatoms. The molecule has 0 N–H and O–H groups in total. The molecule has 0 bridgehead atoms. The maximum atomic E-state index is 2.56. The average molecular weight is 965 g/mol. The molecular weight excluding hydrogens is 913 g/mol. The van der Waals surface area contributed by atoms with Crippen LogP contribution in [-0.4, -0.2) is 0 Å². The fraction of sp³-hybridized carbons (Fsp3) is 0.0789. The molecule has 16 rings (SSSR count). The lowest BCUT2D eigenvalue weighted by molar-refractivity contribution is 0.602. The van der Waals surface area contributed by atoms with Crippen molar-refractivity contribution >= 4 is 75.4 Å². The van der Waals surface area contributed by atoms with E-state index >= 15 is 0 Å². The Kier molecular flexibility index (Phi) is 8.96. The lowest BCUT2D eigenvalue weighted by Crippen LogP contribution is -2.24. The highest BCUT2D eigenvalue weighted by Gasteiger charge is 2.47. The molecular formula is C76H52. The Morgan fingerprint density at radius 2 is 0.474 bits per heavy atom. The fourth-order valence-electron chi connectivity index (χ4n) is 14.7. The topological polar surface area (TPSA) is 0 Å². The van der Waals surface area contributed by atoms with Gasteiger partial charge in [0.2, 0.25) is 0 Å². The van der Waals surface area contributed by atoms with Crippen molar-refractivity contribution in [1.82, 2.24) is 0 Å². The van der Waals surface area contributed by atoms with Crippen molar-refractivity contribution in [2.45, 2.75) is 38.5 Å². The monoisotopic (exact) mass is 964 g/mol. The van der Waals surface area contributed by atoms with Crippen LogP contribution in [0.2, 0.25) is 0 Å². The Balaban J connectivity index is 0.892. The van der Waals surface area contributed by atoms with Gasteiger partial charge in [0.05, 0.1) is 0 Å². The molecule has 0 atom stereocenters. The maximum absolute atomic E-state index is 2.56. The standard InChI is InChI=1S/C76H52/c1-75(2)65-43-47(67-53-27-9-13-31-57(53)69(58-32-14-10-28-54(58)67)51-37-19-23-45-21-5-7-25-49(45)51)39-41-63(65)71-61-35-17-18-36-62(61)72-64-42-40-48(44-66(64)76(3,4)74(72)73(71)75)68-55-29-11-15-33-59(55)70(60-34-16-12-30-56(60)68)52-38-20-24-46-22-6-8-26-50(46)52/h5-44H,1-4H3. The van der Waals surface area contributed by atoms with Crippen LogP contribution in [0.5, 0.6) is 0 Å². The first kappa shape index (κ1) is 43.3. The summed E-state index contributed by atoms with van der Waals surface area (Å²) in [6, 6.07) is 91.7. The number of hydrogen-bond acceptors (Lipinski definition) is 0. The molecule has 14 aromatic rings. The molecule has 0 amide bonds. The van der Waals surface area contributed by atoms with Crippen molar-refractivity contribution in [3.63, 3.8) is 0 Å². The SMILES string of the molecule is CC1(C)c2cc(-c3c4ccccc4c(-c4cccc5ccccc45)c4ccccc34)ccc2-c2c1c1c(c3ccccc23)-c2ccc(-c3c4ccccc4c(-c4cccc5ccccc45)c4ccccc34)cc2C1(C)C. The van der Waals surface area contributed by atoms with Crippen LogP contribution in [0.3, 0.4) is 0 Å². The molecule has 2 aliphatic carbocycles. The van der Waals surface area contributed by atoms with Crippen molar-refractivity contribution in [2.24, 2.45) is 0 Å². The zero-order chi connectivity index (χ0) is 50.6. The van der Waals surface area contributed by atoms with Crippen LogP contribution in [-0.2, 0) is 10.8 Å². The third kappa shape index (κ3) is 5.79. The van der Waals surface area contributed by atoms with E-state index in [1.165, 1.54) is 164 Å². The normalized spacial score (nSPS) is 14.0. The van der Waals surface area contributed by atoms with E-state index in [1.54, 1.807) is 0 Å². The van der Waals surface area contributed by atoms with E-state index in [1.807, 2.05) is 0 Å². The van der Waals surface area contributed by atoms with Gasteiger partial charge in [0.1, 0.15) is 0 Å². The third-order valence-corrected chi connectivity index (χ3v) is 17.9. The zero-order valence-corrected chi connectivity index (χ0v) is 43.1. The van der Waals surface area contributed by atoms with Gasteiger partial charge < -0.3 is 0 Å². The number of benzene rings is 14. The Hall–Kier alpha value is -9.10. The second-order valence-corrected chi connectivity index (χ2v) is 22.6. The van der Waals surface area contributed by atoms with Gasteiger partial charge in [0, 0.05) is 10.8 Å². The van der Waals surface area contributed by atoms with Crippen molar-refractivity contribution in [1.29, 1.82) is 0 Å². The summed E-state index contributed by atoms with van der Waals surface area (Å²) in [5.41, 5.74) is 20.9. The molecule has 0 unspecified atom stereocenters. The van der Waals surface area contributed by atoms with E-state index in [4.69, 9.17) is 0 Å². The van der Waals surface area contributed by atoms with Crippen LogP contribution in [0, 0.1) is 0 Å². The second kappa shape index (κ2) is 15.7. The molecule has 0 saturated carbocycles. The summed E-state index contributed by atoms with van der Waals surface area (Å²) in [6.45, 7) is 9.99. The molecule has 0 heterocycles. The fourth-order valence-corrected chi connectivity index (χ4v) is 14.7. The highest BCUT2D eigenvalue weighted by molar-refractivity contribution is 6.26. The van der Waals surface area contributed by atoms with Crippen molar-refractivity contribution in [2.75, 3.05) is 0 Å². The first-order valence-electron chi connectivity index (χ1n) is 27.0. The van der Waals surface area contributed by atoms with Crippen molar-refractivity contribution in [3.8, 4) is 66.8 Å². The van der Waals surface area contributed by atoms with Crippen molar-refractivity contribution in [3.05, 3.63) is 265 Å². The van der Waals surface area contributed by atoms with Crippen LogP contribution >= 0.6 is 0 Å². The predicted molar refractivity (Wildman–Crippen MR) is 326 cm³/mol. The molecule has 0 fully saturated rings. The lowest BCUT2D eigenvalue weighted by atomic mass is 9.71. The highest BCUT2D eigenvalue weighted by atomic mass is 14.5. The largest absolute Gasteiger partial charge is 0.0616 e. The van der Waals surface area contributed by atoms with Crippen LogP contribution < -0.4 is 0 Å². The van der Waals surface area contributed by atoms with Gasteiger partial charge in [-0.3, -0.25) is 0 Å². The van der Waals surface area contributed by atoms with Gasteiger partial charge in [0.25, 0.3) is 0 Å². The third-order valence-electron chi connectivity index (χ3n) is 17.9. The molecule has 0 radical (unpaired) electrons. The van der Waals surface area contributed by atoms with Crippen LogP contribution in [0.4, 0.5) is 0 Å². The van der Waals surface area contributed by atoms with Gasteiger partial charge in [-0.15, -0.1) is 0 Å². The quantitative estimate of drug-likeness (QED) is 0.154. The summed E-state index contributed by atoms with van der Waals surface area (Å²) in [4.78, 5) is 0. The summed E-state index contributed by atoms with van der Waals surface area (Å²) in [5.74, 6) is 0. The number of hydrogen-bond donors (Lipinski definition) is 0. The van der Waals surface area contributed by atoms with E-state index in [9.17, 15) is 0 Å². The number of fused-ring (bicyclic) bond motifs is 16. The second-order valence-electron chi connectivity index (χ2n) is 22.6. The smallest absolute Gasteiger partial charge is 0.0162 e. The zero-order valence-electron chi connectivity index (χ0n) is 43.1. The average Bonchev–Trinajstić information content (AvgIpc) is 4.10. The van der Waals surface area contributed by atoms with Crippen LogP contribution in [0.25, 0.3) is 142 Å². The minimum atomic E-state index is -0.296. The Morgan fingerprint density at radius 3 is 0.803 bits per heavy atom. The maximum Gasteiger partial charge on any atom is 0.0162 e. The van der Waals surface area contributed by atoms with E-state index in [0.29, 0.717) is 0 Å². The summed E-state index contributed by atoms with van der Waals surface area (Å²) >= 11 is 0. The molecule has 0 aliphatic heterocycles. The molecule has 0 saturated heterocycles. The van der Waals surface area contributed by atoms with Gasteiger partial charge in [-0.25, -0.2) is 0 Å². The lowest BCUT2D eigenvalue weighted by Gasteiger charge is -2.31. The summed E-state index contributed by atoms with van der Waals surface area (Å²) in [6.07, 6.45) is 0. The molecule has 0 nitrogen and oxygen atoms in total. The summed E-state index contributed by atoms with van der Waals surface area (Å²) < 4.78 is 0. The first-order valence-corrected chi connectivity index (χ1v) is 27.0. The Bertz CT molecular complexity index is 4430. The Labute approximate surface area is 443 Å². The first-order chi connectivity index (χ1) is 37.3. The van der Waals surface area contributed by atoms with E-state index < -0.39 is 0 Å². The van der Waals surface area contributed by atoms with E-state index in [0.717, 1.165) is 0 Å². The van der Waals surface area contributed by atoms with Gasteiger partial charge in [-0.2, -0.15) is 0 Å². The summed E-state index contributed by atoms with van der Waals surface area (Å²) in [5, 5.41) is 18.0. The van der Waals surface area contributed by atoms with E-state index in [2.05, 4.69) is 270 Å². The van der Waals surface area contributed by atoms with Gasteiger partial charge in [-0.1, -0.05) is 258 Å². The van der Waals surface area contributed by atoms with Crippen LogP contribution in [0.1, 0.15) is 49.9 Å². The number of rotatable bonds is 4. The van der Waals surface area contributed by atoms with E-state index in [-0.39, 0.29) is 10.8 Å². The molecule has 2 aliphatic rings. The molecule has 356 valence electrons. The van der Waals surface area contributed by atoms with Gasteiger partial charge in [-0.05, 0) is 177 Å². The predicted octanol–water partition coefficient (Wildman–Crippen LogP) is 21.0. The highest BCUT2D eigenvalue weighted by Crippen LogP contribution is 2.63. The van der Waals surface area contributed by atoms with Gasteiger partial charge >= 0.3 is 0 Å².